The lowest BCUT2D eigenvalue weighted by atomic mass is 10.2. The summed E-state index contributed by atoms with van der Waals surface area (Å²) in [5.41, 5.74) is 3.56. The van der Waals surface area contributed by atoms with Crippen LogP contribution in [0.2, 0.25) is 0 Å². The van der Waals surface area contributed by atoms with Gasteiger partial charge in [0.1, 0.15) is 0 Å². The molecule has 0 atom stereocenters. The maximum Gasteiger partial charge on any atom is 0.262 e. The molecule has 0 saturated heterocycles. The van der Waals surface area contributed by atoms with Crippen molar-refractivity contribution in [3.63, 3.8) is 0 Å². The van der Waals surface area contributed by atoms with Gasteiger partial charge in [-0.05, 0) is 75.9 Å². The van der Waals surface area contributed by atoms with Crippen LogP contribution in [-0.2, 0) is 4.79 Å². The van der Waals surface area contributed by atoms with Gasteiger partial charge in [0, 0.05) is 15.0 Å². The Kier molecular flexibility index (Phi) is 5.52. The number of halogens is 2. The van der Waals surface area contributed by atoms with E-state index >= 15 is 0 Å². The zero-order valence-corrected chi connectivity index (χ0v) is 15.6. The van der Waals surface area contributed by atoms with E-state index in [1.165, 1.54) is 0 Å². The number of ether oxygens (including phenoxy) is 1. The van der Waals surface area contributed by atoms with Crippen molar-refractivity contribution in [2.75, 3.05) is 11.9 Å². The van der Waals surface area contributed by atoms with Crippen molar-refractivity contribution in [3.8, 4) is 5.88 Å². The number of amides is 1. The standard InChI is InChI=1S/C15H15Br2N3O2/c1-8-4-11(16)15(12(17)5-8)18-13(21)7-22-14-6-9(2)10(3)19-20-14/h4-6H,7H2,1-3H3,(H,18,21). The van der Waals surface area contributed by atoms with E-state index in [0.29, 0.717) is 11.6 Å². The fourth-order valence-electron chi connectivity index (χ4n) is 1.73. The van der Waals surface area contributed by atoms with E-state index in [1.54, 1.807) is 6.07 Å². The van der Waals surface area contributed by atoms with E-state index < -0.39 is 0 Å². The average molecular weight is 429 g/mol. The molecule has 2 aromatic rings. The Hall–Kier alpha value is -1.47. The Labute approximate surface area is 145 Å². The number of carbonyl (C=O) groups is 1. The molecule has 0 radical (unpaired) electrons. The third-order valence-corrected chi connectivity index (χ3v) is 4.26. The number of nitrogens with one attached hydrogen (secondary N) is 1. The van der Waals surface area contributed by atoms with Crippen LogP contribution in [0.4, 0.5) is 5.69 Å². The largest absolute Gasteiger partial charge is 0.466 e. The van der Waals surface area contributed by atoms with E-state index in [0.717, 1.165) is 25.8 Å². The Morgan fingerprint density at radius 1 is 1.14 bits per heavy atom. The summed E-state index contributed by atoms with van der Waals surface area (Å²) in [6, 6.07) is 5.61. The molecule has 22 heavy (non-hydrogen) atoms. The molecule has 0 saturated carbocycles. The van der Waals surface area contributed by atoms with Crippen LogP contribution in [0.1, 0.15) is 16.8 Å². The van der Waals surface area contributed by atoms with Crippen molar-refractivity contribution >= 4 is 43.5 Å². The van der Waals surface area contributed by atoms with Gasteiger partial charge in [0.25, 0.3) is 5.91 Å². The van der Waals surface area contributed by atoms with Gasteiger partial charge < -0.3 is 10.1 Å². The number of nitrogens with zero attached hydrogens (tertiary/aromatic N) is 2. The summed E-state index contributed by atoms with van der Waals surface area (Å²) in [6.07, 6.45) is 0. The average Bonchev–Trinajstić information content (AvgIpc) is 2.44. The highest BCUT2D eigenvalue weighted by Crippen LogP contribution is 2.32. The summed E-state index contributed by atoms with van der Waals surface area (Å²) in [5, 5.41) is 10.6. The van der Waals surface area contributed by atoms with Crippen molar-refractivity contribution in [1.29, 1.82) is 0 Å². The Morgan fingerprint density at radius 3 is 2.36 bits per heavy atom. The fraction of sp³-hybridized carbons (Fsp3) is 0.267. The first-order chi connectivity index (χ1) is 10.4. The van der Waals surface area contributed by atoms with Gasteiger partial charge in [-0.2, -0.15) is 5.10 Å². The van der Waals surface area contributed by atoms with Crippen molar-refractivity contribution in [2.45, 2.75) is 20.8 Å². The molecule has 0 aliphatic rings. The van der Waals surface area contributed by atoms with E-state index in [-0.39, 0.29) is 12.5 Å². The van der Waals surface area contributed by atoms with Gasteiger partial charge in [0.2, 0.25) is 5.88 Å². The van der Waals surface area contributed by atoms with Crippen LogP contribution in [0, 0.1) is 20.8 Å². The molecule has 1 aromatic heterocycles. The molecular weight excluding hydrogens is 414 g/mol. The molecule has 1 aromatic carbocycles. The normalized spacial score (nSPS) is 10.4. The predicted molar refractivity (Wildman–Crippen MR) is 92.2 cm³/mol. The van der Waals surface area contributed by atoms with Crippen LogP contribution >= 0.6 is 31.9 Å². The third-order valence-electron chi connectivity index (χ3n) is 3.01. The molecule has 0 fully saturated rings. The number of hydrogen-bond donors (Lipinski definition) is 1. The SMILES string of the molecule is Cc1cc(Br)c(NC(=O)COc2cc(C)c(C)nn2)c(Br)c1. The van der Waals surface area contributed by atoms with Gasteiger partial charge in [0.05, 0.1) is 11.4 Å². The summed E-state index contributed by atoms with van der Waals surface area (Å²) in [6.45, 7) is 5.62. The zero-order chi connectivity index (χ0) is 16.3. The molecule has 7 heteroatoms. The van der Waals surface area contributed by atoms with Gasteiger partial charge in [0.15, 0.2) is 6.61 Å². The van der Waals surface area contributed by atoms with Crippen LogP contribution < -0.4 is 10.1 Å². The van der Waals surface area contributed by atoms with Crippen molar-refractivity contribution in [3.05, 3.63) is 44.0 Å². The summed E-state index contributed by atoms with van der Waals surface area (Å²) in [4.78, 5) is 12.0. The first kappa shape index (κ1) is 16.9. The van der Waals surface area contributed by atoms with Gasteiger partial charge in [-0.15, -0.1) is 5.10 Å². The molecule has 1 N–H and O–H groups in total. The number of rotatable bonds is 4. The Bertz CT molecular complexity index is 697. The van der Waals surface area contributed by atoms with E-state index in [9.17, 15) is 4.79 Å². The summed E-state index contributed by atoms with van der Waals surface area (Å²) in [5.74, 6) is 0.0607. The van der Waals surface area contributed by atoms with Crippen LogP contribution in [0.15, 0.2) is 27.1 Å². The number of aryl methyl sites for hydroxylation is 3. The molecule has 0 spiro atoms. The first-order valence-electron chi connectivity index (χ1n) is 6.56. The molecule has 0 aliphatic carbocycles. The van der Waals surface area contributed by atoms with Crippen LogP contribution in [-0.4, -0.2) is 22.7 Å². The van der Waals surface area contributed by atoms with Gasteiger partial charge in [-0.3, -0.25) is 4.79 Å². The maximum atomic E-state index is 12.0. The first-order valence-corrected chi connectivity index (χ1v) is 8.14. The molecule has 0 bridgehead atoms. The lowest BCUT2D eigenvalue weighted by Crippen LogP contribution is -2.21. The van der Waals surface area contributed by atoms with E-state index in [4.69, 9.17) is 4.74 Å². The van der Waals surface area contributed by atoms with E-state index in [2.05, 4.69) is 47.4 Å². The molecule has 1 amide bonds. The molecule has 116 valence electrons. The predicted octanol–water partition coefficient (Wildman–Crippen LogP) is 3.94. The van der Waals surface area contributed by atoms with Crippen LogP contribution in [0.3, 0.4) is 0 Å². The highest BCUT2D eigenvalue weighted by molar-refractivity contribution is 9.11. The minimum absolute atomic E-state index is 0.135. The zero-order valence-electron chi connectivity index (χ0n) is 12.4. The summed E-state index contributed by atoms with van der Waals surface area (Å²) >= 11 is 6.86. The second-order valence-corrected chi connectivity index (χ2v) is 6.60. The summed E-state index contributed by atoms with van der Waals surface area (Å²) < 4.78 is 6.97. The van der Waals surface area contributed by atoms with Gasteiger partial charge >= 0.3 is 0 Å². The van der Waals surface area contributed by atoms with Crippen LogP contribution in [0.5, 0.6) is 5.88 Å². The smallest absolute Gasteiger partial charge is 0.262 e. The minimum Gasteiger partial charge on any atom is -0.466 e. The van der Waals surface area contributed by atoms with Gasteiger partial charge in [-0.25, -0.2) is 0 Å². The quantitative estimate of drug-likeness (QED) is 0.800. The second kappa shape index (κ2) is 7.19. The molecule has 0 unspecified atom stereocenters. The number of anilines is 1. The van der Waals surface area contributed by atoms with E-state index in [1.807, 2.05) is 32.9 Å². The fourth-order valence-corrected chi connectivity index (χ4v) is 3.34. The number of benzene rings is 1. The lowest BCUT2D eigenvalue weighted by molar-refractivity contribution is -0.118. The summed E-state index contributed by atoms with van der Waals surface area (Å²) in [7, 11) is 0. The van der Waals surface area contributed by atoms with Crippen molar-refractivity contribution < 1.29 is 9.53 Å². The lowest BCUT2D eigenvalue weighted by Gasteiger charge is -2.11. The van der Waals surface area contributed by atoms with Gasteiger partial charge in [-0.1, -0.05) is 0 Å². The maximum absolute atomic E-state index is 12.0. The topological polar surface area (TPSA) is 64.1 Å². The van der Waals surface area contributed by atoms with Crippen molar-refractivity contribution in [2.24, 2.45) is 0 Å². The Balaban J connectivity index is 2.00. The van der Waals surface area contributed by atoms with Crippen molar-refractivity contribution in [1.82, 2.24) is 10.2 Å². The van der Waals surface area contributed by atoms with Crippen LogP contribution in [0.25, 0.3) is 0 Å². The minimum atomic E-state index is -0.273. The highest BCUT2D eigenvalue weighted by atomic mass is 79.9. The molecular formula is C15H15Br2N3O2. The third kappa shape index (κ3) is 4.27. The number of aromatic nitrogens is 2. The highest BCUT2D eigenvalue weighted by Gasteiger charge is 2.11. The monoisotopic (exact) mass is 427 g/mol. The molecule has 0 aliphatic heterocycles. The molecule has 5 nitrogen and oxygen atoms in total. The molecule has 1 heterocycles. The number of hydrogen-bond acceptors (Lipinski definition) is 4. The number of carbonyl (C=O) groups excluding carboxylic acids is 1. The Morgan fingerprint density at radius 2 is 1.77 bits per heavy atom. The second-order valence-electron chi connectivity index (χ2n) is 4.89. The molecule has 2 rings (SSSR count).